The molecule has 0 aromatic heterocycles. The highest BCUT2D eigenvalue weighted by molar-refractivity contribution is 8.00. The minimum atomic E-state index is -0.878. The van der Waals surface area contributed by atoms with E-state index in [0.29, 0.717) is 5.56 Å². The van der Waals surface area contributed by atoms with Crippen LogP contribution in [0.2, 0.25) is 0 Å². The molecule has 0 fully saturated rings. The molecular weight excluding hydrogens is 352 g/mol. The smallest absolute Gasteiger partial charge is 0.335 e. The highest BCUT2D eigenvalue weighted by Gasteiger charge is 2.38. The maximum absolute atomic E-state index is 11.3. The summed E-state index contributed by atoms with van der Waals surface area (Å²) in [5.41, 5.74) is 6.07. The van der Waals surface area contributed by atoms with Crippen molar-refractivity contribution in [2.24, 2.45) is 0 Å². The van der Waals surface area contributed by atoms with Gasteiger partial charge in [-0.3, -0.25) is 0 Å². The van der Waals surface area contributed by atoms with Gasteiger partial charge in [0.15, 0.2) is 0 Å². The zero-order valence-electron chi connectivity index (χ0n) is 17.0. The molecule has 1 heterocycles. The molecule has 3 rings (SSSR count). The van der Waals surface area contributed by atoms with Crippen molar-refractivity contribution in [1.82, 2.24) is 0 Å². The van der Waals surface area contributed by atoms with Crippen LogP contribution in [0.1, 0.15) is 73.7 Å². The summed E-state index contributed by atoms with van der Waals surface area (Å²) in [5.74, 6) is -0.878. The second kappa shape index (κ2) is 6.87. The monoisotopic (exact) mass is 380 g/mol. The number of hydrogen-bond donors (Lipinski definition) is 1. The molecule has 142 valence electrons. The van der Waals surface area contributed by atoms with E-state index in [9.17, 15) is 9.90 Å². The normalized spacial score (nSPS) is 18.1. The first kappa shape index (κ1) is 19.8. The quantitative estimate of drug-likeness (QED) is 0.644. The van der Waals surface area contributed by atoms with Crippen molar-refractivity contribution in [1.29, 1.82) is 0 Å². The summed E-state index contributed by atoms with van der Waals surface area (Å²) < 4.78 is 0.241. The summed E-state index contributed by atoms with van der Waals surface area (Å²) in [5, 5.41) is 9.28. The maximum atomic E-state index is 11.3. The SMILES string of the molecule is C/C=C(\c1ccc(C(=O)O)c(C)c1)c1ccc2c(c1)C(C)(C)CC(C)(C)S2. The fraction of sp³-hybridized carbons (Fsp3) is 0.375. The summed E-state index contributed by atoms with van der Waals surface area (Å²) in [6.07, 6.45) is 3.25. The number of hydrogen-bond acceptors (Lipinski definition) is 2. The molecule has 2 nitrogen and oxygen atoms in total. The lowest BCUT2D eigenvalue weighted by Crippen LogP contribution is -2.33. The van der Waals surface area contributed by atoms with E-state index in [4.69, 9.17) is 0 Å². The Morgan fingerprint density at radius 2 is 1.70 bits per heavy atom. The van der Waals surface area contributed by atoms with E-state index in [0.717, 1.165) is 23.1 Å². The Kier molecular flexibility index (Phi) is 5.02. The summed E-state index contributed by atoms with van der Waals surface area (Å²) in [7, 11) is 0. The number of allylic oxidation sites excluding steroid dienone is 1. The van der Waals surface area contributed by atoms with Crippen molar-refractivity contribution in [3.05, 3.63) is 70.3 Å². The number of rotatable bonds is 3. The van der Waals surface area contributed by atoms with Gasteiger partial charge in [-0.05, 0) is 71.7 Å². The zero-order chi connectivity index (χ0) is 20.0. The van der Waals surface area contributed by atoms with Crippen LogP contribution in [0.3, 0.4) is 0 Å². The highest BCUT2D eigenvalue weighted by Crippen LogP contribution is 2.51. The van der Waals surface area contributed by atoms with Gasteiger partial charge in [-0.1, -0.05) is 52.0 Å². The zero-order valence-corrected chi connectivity index (χ0v) is 17.8. The number of carboxylic acids is 1. The Balaban J connectivity index is 2.06. The molecule has 1 aliphatic heterocycles. The van der Waals surface area contributed by atoms with Gasteiger partial charge in [0, 0.05) is 9.64 Å². The van der Waals surface area contributed by atoms with Gasteiger partial charge < -0.3 is 5.11 Å². The molecule has 0 aliphatic carbocycles. The van der Waals surface area contributed by atoms with Crippen molar-refractivity contribution in [2.75, 3.05) is 0 Å². The Hall–Kier alpha value is -2.00. The molecule has 0 bridgehead atoms. The van der Waals surface area contributed by atoms with E-state index >= 15 is 0 Å². The Bertz CT molecular complexity index is 935. The molecule has 1 N–H and O–H groups in total. The molecule has 0 spiro atoms. The van der Waals surface area contributed by atoms with Crippen molar-refractivity contribution in [3.63, 3.8) is 0 Å². The topological polar surface area (TPSA) is 37.3 Å². The largest absolute Gasteiger partial charge is 0.478 e. The number of aryl methyl sites for hydroxylation is 1. The summed E-state index contributed by atoms with van der Waals surface area (Å²) in [6.45, 7) is 13.2. The van der Waals surface area contributed by atoms with Crippen LogP contribution in [-0.2, 0) is 5.41 Å². The maximum Gasteiger partial charge on any atom is 0.335 e. The number of aromatic carboxylic acids is 1. The van der Waals surface area contributed by atoms with Crippen LogP contribution < -0.4 is 0 Å². The van der Waals surface area contributed by atoms with Crippen molar-refractivity contribution in [3.8, 4) is 0 Å². The van der Waals surface area contributed by atoms with Gasteiger partial charge in [0.1, 0.15) is 0 Å². The second-order valence-corrected chi connectivity index (χ2v) is 10.4. The fourth-order valence-corrected chi connectivity index (χ4v) is 5.99. The Morgan fingerprint density at radius 1 is 1.07 bits per heavy atom. The minimum absolute atomic E-state index is 0.127. The average molecular weight is 381 g/mol. The van der Waals surface area contributed by atoms with Gasteiger partial charge in [0.05, 0.1) is 5.56 Å². The van der Waals surface area contributed by atoms with Crippen LogP contribution in [0.4, 0.5) is 0 Å². The number of carbonyl (C=O) groups is 1. The molecule has 0 saturated carbocycles. The van der Waals surface area contributed by atoms with Crippen LogP contribution in [0, 0.1) is 6.92 Å². The lowest BCUT2D eigenvalue weighted by atomic mass is 9.76. The third-order valence-corrected chi connectivity index (χ3v) is 6.60. The predicted octanol–water partition coefficient (Wildman–Crippen LogP) is 6.70. The molecule has 0 radical (unpaired) electrons. The van der Waals surface area contributed by atoms with Crippen molar-refractivity contribution in [2.45, 2.75) is 63.0 Å². The van der Waals surface area contributed by atoms with Gasteiger partial charge in [0.25, 0.3) is 0 Å². The van der Waals surface area contributed by atoms with Crippen LogP contribution >= 0.6 is 11.8 Å². The van der Waals surface area contributed by atoms with Gasteiger partial charge in [-0.25, -0.2) is 4.79 Å². The lowest BCUT2D eigenvalue weighted by molar-refractivity contribution is 0.0696. The molecule has 0 saturated heterocycles. The van der Waals surface area contributed by atoms with E-state index in [1.807, 2.05) is 37.7 Å². The third kappa shape index (κ3) is 3.84. The number of fused-ring (bicyclic) bond motifs is 1. The molecule has 3 heteroatoms. The first-order chi connectivity index (χ1) is 12.5. The van der Waals surface area contributed by atoms with Crippen LogP contribution in [-0.4, -0.2) is 15.8 Å². The second-order valence-electron chi connectivity index (χ2n) is 8.67. The summed E-state index contributed by atoms with van der Waals surface area (Å²) >= 11 is 1.96. The van der Waals surface area contributed by atoms with Crippen molar-refractivity contribution < 1.29 is 9.90 Å². The van der Waals surface area contributed by atoms with E-state index < -0.39 is 5.97 Å². The number of thioether (sulfide) groups is 1. The van der Waals surface area contributed by atoms with E-state index in [1.165, 1.54) is 16.0 Å². The molecule has 27 heavy (non-hydrogen) atoms. The van der Waals surface area contributed by atoms with E-state index in [2.05, 4.69) is 52.0 Å². The predicted molar refractivity (Wildman–Crippen MR) is 115 cm³/mol. The third-order valence-electron chi connectivity index (χ3n) is 5.33. The fourth-order valence-electron chi connectivity index (χ4n) is 4.38. The Morgan fingerprint density at radius 3 is 2.30 bits per heavy atom. The molecule has 0 atom stereocenters. The summed E-state index contributed by atoms with van der Waals surface area (Å²) in [4.78, 5) is 12.7. The molecule has 2 aromatic carbocycles. The van der Waals surface area contributed by atoms with E-state index in [1.54, 1.807) is 6.07 Å². The van der Waals surface area contributed by atoms with E-state index in [-0.39, 0.29) is 10.2 Å². The minimum Gasteiger partial charge on any atom is -0.478 e. The lowest BCUT2D eigenvalue weighted by Gasteiger charge is -2.42. The highest BCUT2D eigenvalue weighted by atomic mass is 32.2. The standard InChI is InChI=1S/C24H28O2S/c1-7-18(16-8-10-19(22(25)26)15(2)12-16)17-9-11-21-20(13-17)23(3,4)14-24(5,6)27-21/h7-13H,14H2,1-6H3,(H,25,26)/b18-7+. The molecule has 1 aliphatic rings. The first-order valence-corrected chi connectivity index (χ1v) is 10.2. The van der Waals surface area contributed by atoms with Crippen molar-refractivity contribution >= 4 is 23.3 Å². The average Bonchev–Trinajstić information content (AvgIpc) is 2.54. The van der Waals surface area contributed by atoms with Crippen LogP contribution in [0.15, 0.2) is 47.4 Å². The Labute approximate surface area is 166 Å². The van der Waals surface area contributed by atoms with Crippen LogP contribution in [0.5, 0.6) is 0 Å². The molecular formula is C24H28O2S. The summed E-state index contributed by atoms with van der Waals surface area (Å²) in [6, 6.07) is 12.4. The van der Waals surface area contributed by atoms with Gasteiger partial charge in [-0.2, -0.15) is 0 Å². The number of benzene rings is 2. The van der Waals surface area contributed by atoms with Gasteiger partial charge in [0.2, 0.25) is 0 Å². The molecule has 2 aromatic rings. The number of carboxylic acid groups (broad SMARTS) is 1. The first-order valence-electron chi connectivity index (χ1n) is 9.39. The molecule has 0 amide bonds. The van der Waals surface area contributed by atoms with Gasteiger partial charge in [-0.15, -0.1) is 11.8 Å². The van der Waals surface area contributed by atoms with Crippen LogP contribution in [0.25, 0.3) is 5.57 Å². The molecule has 0 unspecified atom stereocenters. The van der Waals surface area contributed by atoms with Gasteiger partial charge >= 0.3 is 5.97 Å².